The Balaban J connectivity index is 1.97. The summed E-state index contributed by atoms with van der Waals surface area (Å²) in [4.78, 5) is 14.0. The molecule has 0 aromatic heterocycles. The van der Waals surface area contributed by atoms with Crippen molar-refractivity contribution in [3.63, 3.8) is 0 Å². The highest BCUT2D eigenvalue weighted by Gasteiger charge is 2.13. The quantitative estimate of drug-likeness (QED) is 0.773. The molecule has 0 radical (unpaired) electrons. The molecule has 1 amide bonds. The van der Waals surface area contributed by atoms with Crippen LogP contribution in [0.1, 0.15) is 16.7 Å². The van der Waals surface area contributed by atoms with Crippen molar-refractivity contribution in [2.24, 2.45) is 0 Å². The van der Waals surface area contributed by atoms with Gasteiger partial charge in [0.25, 0.3) is 5.91 Å². The lowest BCUT2D eigenvalue weighted by Crippen LogP contribution is -2.31. The van der Waals surface area contributed by atoms with Crippen molar-refractivity contribution in [1.82, 2.24) is 4.90 Å². The van der Waals surface area contributed by atoms with Crippen LogP contribution in [0, 0.1) is 13.8 Å². The van der Waals surface area contributed by atoms with E-state index in [0.717, 1.165) is 22.4 Å². The zero-order chi connectivity index (χ0) is 18.4. The first-order valence-corrected chi connectivity index (χ1v) is 8.10. The van der Waals surface area contributed by atoms with E-state index in [4.69, 9.17) is 14.2 Å². The van der Waals surface area contributed by atoms with Crippen LogP contribution in [0.3, 0.4) is 0 Å². The minimum Gasteiger partial charge on any atom is -0.493 e. The fourth-order valence-electron chi connectivity index (χ4n) is 2.47. The summed E-state index contributed by atoms with van der Waals surface area (Å²) in [6.07, 6.45) is 0. The van der Waals surface area contributed by atoms with Gasteiger partial charge in [0.05, 0.1) is 14.2 Å². The summed E-state index contributed by atoms with van der Waals surface area (Å²) in [7, 11) is 4.94. The van der Waals surface area contributed by atoms with Crippen LogP contribution < -0.4 is 14.2 Å². The third-order valence-electron chi connectivity index (χ3n) is 4.20. The van der Waals surface area contributed by atoms with Crippen LogP contribution >= 0.6 is 0 Å². The molecule has 0 aliphatic carbocycles. The highest BCUT2D eigenvalue weighted by molar-refractivity contribution is 5.77. The Hall–Kier alpha value is -2.69. The summed E-state index contributed by atoms with van der Waals surface area (Å²) in [5.74, 6) is 1.97. The fourth-order valence-corrected chi connectivity index (χ4v) is 2.47. The Morgan fingerprint density at radius 3 is 2.40 bits per heavy atom. The highest BCUT2D eigenvalue weighted by Crippen LogP contribution is 2.28. The van der Waals surface area contributed by atoms with Gasteiger partial charge in [0.1, 0.15) is 5.75 Å². The zero-order valence-electron chi connectivity index (χ0n) is 15.5. The molecule has 0 atom stereocenters. The van der Waals surface area contributed by atoms with Crippen LogP contribution in [0.4, 0.5) is 0 Å². The number of likely N-dealkylation sites (N-methyl/N-ethyl adjacent to an activating group) is 1. The van der Waals surface area contributed by atoms with Crippen LogP contribution in [0.5, 0.6) is 17.2 Å². The van der Waals surface area contributed by atoms with E-state index in [0.29, 0.717) is 18.0 Å². The lowest BCUT2D eigenvalue weighted by Gasteiger charge is -2.19. The number of ether oxygens (including phenoxy) is 3. The third kappa shape index (κ3) is 4.66. The smallest absolute Gasteiger partial charge is 0.260 e. The van der Waals surface area contributed by atoms with Crippen LogP contribution in [-0.2, 0) is 11.3 Å². The van der Waals surface area contributed by atoms with Gasteiger partial charge in [-0.15, -0.1) is 0 Å². The number of methoxy groups -OCH3 is 2. The summed E-state index contributed by atoms with van der Waals surface area (Å²) < 4.78 is 16.2. The largest absolute Gasteiger partial charge is 0.493 e. The van der Waals surface area contributed by atoms with Gasteiger partial charge in [-0.2, -0.15) is 0 Å². The van der Waals surface area contributed by atoms with E-state index in [1.54, 1.807) is 26.2 Å². The second kappa shape index (κ2) is 8.42. The van der Waals surface area contributed by atoms with Gasteiger partial charge in [-0.05, 0) is 48.7 Å². The number of aryl methyl sites for hydroxylation is 1. The normalized spacial score (nSPS) is 10.3. The average molecular weight is 343 g/mol. The number of nitrogens with zero attached hydrogens (tertiary/aromatic N) is 1. The van der Waals surface area contributed by atoms with E-state index >= 15 is 0 Å². The number of rotatable bonds is 7. The number of benzene rings is 2. The van der Waals surface area contributed by atoms with Crippen LogP contribution in [0.15, 0.2) is 36.4 Å². The van der Waals surface area contributed by atoms with Gasteiger partial charge >= 0.3 is 0 Å². The molecule has 134 valence electrons. The van der Waals surface area contributed by atoms with Gasteiger partial charge < -0.3 is 19.1 Å². The molecule has 0 saturated carbocycles. The molecule has 0 bridgehead atoms. The molecule has 0 aliphatic rings. The van der Waals surface area contributed by atoms with E-state index in [-0.39, 0.29) is 12.5 Å². The zero-order valence-corrected chi connectivity index (χ0v) is 15.5. The molecule has 0 N–H and O–H groups in total. The highest BCUT2D eigenvalue weighted by atomic mass is 16.5. The first-order chi connectivity index (χ1) is 12.0. The number of hydrogen-bond donors (Lipinski definition) is 0. The average Bonchev–Trinajstić information content (AvgIpc) is 2.62. The molecular formula is C20H25NO4. The van der Waals surface area contributed by atoms with E-state index in [1.807, 2.05) is 50.2 Å². The lowest BCUT2D eigenvalue weighted by atomic mass is 10.1. The van der Waals surface area contributed by atoms with Crippen LogP contribution in [-0.4, -0.2) is 38.7 Å². The molecular weight excluding hydrogens is 318 g/mol. The van der Waals surface area contributed by atoms with Crippen molar-refractivity contribution in [1.29, 1.82) is 0 Å². The second-order valence-electron chi connectivity index (χ2n) is 5.93. The minimum absolute atomic E-state index is 0.00802. The third-order valence-corrected chi connectivity index (χ3v) is 4.20. The van der Waals surface area contributed by atoms with Crippen LogP contribution in [0.2, 0.25) is 0 Å². The summed E-state index contributed by atoms with van der Waals surface area (Å²) in [5, 5.41) is 0. The molecule has 0 fully saturated rings. The molecule has 5 heteroatoms. The summed E-state index contributed by atoms with van der Waals surface area (Å²) in [5.41, 5.74) is 3.15. The standard InChI is InChI=1S/C20H25NO4/c1-14-7-6-8-17(15(14)2)25-13-20(22)21(3)12-16-9-10-18(23-4)19(11-16)24-5/h6-11H,12-13H2,1-5H3. The molecule has 2 aromatic rings. The van der Waals surface area contributed by atoms with Gasteiger partial charge in [0, 0.05) is 13.6 Å². The molecule has 0 saturated heterocycles. The van der Waals surface area contributed by atoms with Crippen molar-refractivity contribution in [2.45, 2.75) is 20.4 Å². The van der Waals surface area contributed by atoms with E-state index in [1.165, 1.54) is 0 Å². The van der Waals surface area contributed by atoms with E-state index in [2.05, 4.69) is 0 Å². The van der Waals surface area contributed by atoms with Gasteiger partial charge in [0.2, 0.25) is 0 Å². The Morgan fingerprint density at radius 2 is 1.72 bits per heavy atom. The molecule has 2 rings (SSSR count). The molecule has 25 heavy (non-hydrogen) atoms. The van der Waals surface area contributed by atoms with Crippen molar-refractivity contribution < 1.29 is 19.0 Å². The van der Waals surface area contributed by atoms with E-state index < -0.39 is 0 Å². The monoisotopic (exact) mass is 343 g/mol. The van der Waals surface area contributed by atoms with Crippen molar-refractivity contribution >= 4 is 5.91 Å². The number of carbonyl (C=O) groups is 1. The van der Waals surface area contributed by atoms with Gasteiger partial charge in [-0.3, -0.25) is 4.79 Å². The fraction of sp³-hybridized carbons (Fsp3) is 0.350. The van der Waals surface area contributed by atoms with Crippen molar-refractivity contribution in [3.05, 3.63) is 53.1 Å². The Morgan fingerprint density at radius 1 is 1.00 bits per heavy atom. The van der Waals surface area contributed by atoms with E-state index in [9.17, 15) is 4.79 Å². The first kappa shape index (κ1) is 18.6. The predicted molar refractivity (Wildman–Crippen MR) is 97.4 cm³/mol. The van der Waals surface area contributed by atoms with Crippen molar-refractivity contribution in [2.75, 3.05) is 27.9 Å². The second-order valence-corrected chi connectivity index (χ2v) is 5.93. The summed E-state index contributed by atoms with van der Waals surface area (Å²) >= 11 is 0. The summed E-state index contributed by atoms with van der Waals surface area (Å²) in [6, 6.07) is 11.4. The maximum absolute atomic E-state index is 12.3. The van der Waals surface area contributed by atoms with Crippen LogP contribution in [0.25, 0.3) is 0 Å². The van der Waals surface area contributed by atoms with Gasteiger partial charge in [0.15, 0.2) is 18.1 Å². The topological polar surface area (TPSA) is 48.0 Å². The number of hydrogen-bond acceptors (Lipinski definition) is 4. The molecule has 5 nitrogen and oxygen atoms in total. The van der Waals surface area contributed by atoms with Gasteiger partial charge in [-0.1, -0.05) is 18.2 Å². The predicted octanol–water partition coefficient (Wildman–Crippen LogP) is 3.36. The number of carbonyl (C=O) groups excluding carboxylic acids is 1. The molecule has 0 spiro atoms. The number of amides is 1. The molecule has 0 aliphatic heterocycles. The minimum atomic E-state index is -0.0873. The molecule has 0 heterocycles. The molecule has 0 unspecified atom stereocenters. The molecule has 2 aromatic carbocycles. The lowest BCUT2D eigenvalue weighted by molar-refractivity contribution is -0.132. The summed E-state index contributed by atoms with van der Waals surface area (Å²) in [6.45, 7) is 4.49. The maximum Gasteiger partial charge on any atom is 0.260 e. The SMILES string of the molecule is COc1ccc(CN(C)C(=O)COc2cccc(C)c2C)cc1OC. The first-order valence-electron chi connectivity index (χ1n) is 8.10. The Bertz CT molecular complexity index is 742. The Labute approximate surface area is 149 Å². The Kier molecular flexibility index (Phi) is 6.28. The van der Waals surface area contributed by atoms with Gasteiger partial charge in [-0.25, -0.2) is 0 Å². The van der Waals surface area contributed by atoms with Crippen molar-refractivity contribution in [3.8, 4) is 17.2 Å². The maximum atomic E-state index is 12.3.